The minimum Gasteiger partial charge on any atom is -0.274 e. The molecule has 1 atom stereocenters. The summed E-state index contributed by atoms with van der Waals surface area (Å²) in [5.41, 5.74) is 0.785. The summed E-state index contributed by atoms with van der Waals surface area (Å²) in [6.45, 7) is -0.215. The van der Waals surface area contributed by atoms with Crippen LogP contribution in [0.5, 0.6) is 0 Å². The van der Waals surface area contributed by atoms with Gasteiger partial charge in [-0.3, -0.25) is 9.59 Å². The third-order valence-corrected chi connectivity index (χ3v) is 8.24. The van der Waals surface area contributed by atoms with Gasteiger partial charge in [0.05, 0.1) is 17.0 Å². The predicted molar refractivity (Wildman–Crippen MR) is 135 cm³/mol. The molecule has 4 aromatic rings. The molecule has 1 aliphatic heterocycles. The number of hydrogen-bond acceptors (Lipinski definition) is 4. The fourth-order valence-electron chi connectivity index (χ4n) is 4.30. The molecule has 4 aromatic carbocycles. The van der Waals surface area contributed by atoms with Crippen molar-refractivity contribution in [3.63, 3.8) is 0 Å². The zero-order chi connectivity index (χ0) is 25.4. The van der Waals surface area contributed by atoms with E-state index in [1.54, 1.807) is 36.4 Å². The van der Waals surface area contributed by atoms with Crippen LogP contribution in [-0.4, -0.2) is 30.6 Å². The number of nitrogens with zero attached hydrogens (tertiary/aromatic N) is 2. The molecule has 0 aromatic heterocycles. The average Bonchev–Trinajstić information content (AvgIpc) is 3.17. The van der Waals surface area contributed by atoms with Crippen molar-refractivity contribution in [3.05, 3.63) is 107 Å². The number of anilines is 1. The second kappa shape index (κ2) is 9.46. The van der Waals surface area contributed by atoms with E-state index in [0.29, 0.717) is 16.3 Å². The van der Waals surface area contributed by atoms with Gasteiger partial charge in [0.1, 0.15) is 11.9 Å². The number of carbonyl (C=O) groups excluding carboxylic acids is 2. The number of imide groups is 1. The van der Waals surface area contributed by atoms with Crippen molar-refractivity contribution in [2.75, 3.05) is 4.90 Å². The summed E-state index contributed by atoms with van der Waals surface area (Å²) >= 11 is 5.94. The van der Waals surface area contributed by atoms with Crippen molar-refractivity contribution >= 4 is 49.9 Å². The highest BCUT2D eigenvalue weighted by Crippen LogP contribution is 2.32. The minimum absolute atomic E-state index is 0.00602. The summed E-state index contributed by atoms with van der Waals surface area (Å²) in [4.78, 5) is 27.4. The van der Waals surface area contributed by atoms with Gasteiger partial charge in [0.25, 0.3) is 5.91 Å². The molecule has 9 heteroatoms. The van der Waals surface area contributed by atoms with Gasteiger partial charge in [0.15, 0.2) is 0 Å². The molecule has 1 unspecified atom stereocenters. The SMILES string of the molecule is O=C1CC(N(Cc2ccc(F)cc2)S(=O)(=O)c2ccc3ccccc3c2)C(=O)N1c1ccc(Cl)cc1. The van der Waals surface area contributed by atoms with Crippen LogP contribution in [0.2, 0.25) is 5.02 Å². The van der Waals surface area contributed by atoms with Crippen LogP contribution in [-0.2, 0) is 26.2 Å². The molecule has 0 saturated carbocycles. The molecular weight excluding hydrogens is 503 g/mol. The van der Waals surface area contributed by atoms with E-state index in [1.165, 1.54) is 42.5 Å². The van der Waals surface area contributed by atoms with Gasteiger partial charge in [-0.2, -0.15) is 4.31 Å². The van der Waals surface area contributed by atoms with Gasteiger partial charge in [-0.05, 0) is 64.9 Å². The van der Waals surface area contributed by atoms with Crippen LogP contribution in [0.1, 0.15) is 12.0 Å². The van der Waals surface area contributed by atoms with Gasteiger partial charge in [0, 0.05) is 11.6 Å². The number of sulfonamides is 1. The smallest absolute Gasteiger partial charge is 0.252 e. The molecule has 0 aliphatic carbocycles. The summed E-state index contributed by atoms with van der Waals surface area (Å²) < 4.78 is 42.4. The molecular formula is C27H20ClFN2O4S. The fourth-order valence-corrected chi connectivity index (χ4v) is 6.03. The maximum atomic E-state index is 13.9. The van der Waals surface area contributed by atoms with E-state index < -0.39 is 33.7 Å². The molecule has 1 fully saturated rings. The number of rotatable bonds is 6. The van der Waals surface area contributed by atoms with Gasteiger partial charge in [-0.1, -0.05) is 54.1 Å². The molecule has 6 nitrogen and oxygen atoms in total. The van der Waals surface area contributed by atoms with E-state index >= 15 is 0 Å². The Morgan fingerprint density at radius 1 is 0.889 bits per heavy atom. The van der Waals surface area contributed by atoms with Crippen LogP contribution < -0.4 is 4.90 Å². The van der Waals surface area contributed by atoms with E-state index in [1.807, 2.05) is 12.1 Å². The number of benzene rings is 4. The van der Waals surface area contributed by atoms with Crippen LogP contribution in [0.25, 0.3) is 10.8 Å². The Bertz CT molecular complexity index is 1570. The lowest BCUT2D eigenvalue weighted by atomic mass is 10.1. The van der Waals surface area contributed by atoms with Gasteiger partial charge < -0.3 is 0 Å². The van der Waals surface area contributed by atoms with Crippen molar-refractivity contribution in [1.82, 2.24) is 4.31 Å². The number of fused-ring (bicyclic) bond motifs is 1. The largest absolute Gasteiger partial charge is 0.274 e. The zero-order valence-corrected chi connectivity index (χ0v) is 20.4. The molecule has 0 bridgehead atoms. The summed E-state index contributed by atoms with van der Waals surface area (Å²) in [6, 6.07) is 22.3. The van der Waals surface area contributed by atoms with Gasteiger partial charge in [0.2, 0.25) is 15.9 Å². The van der Waals surface area contributed by atoms with Crippen molar-refractivity contribution < 1.29 is 22.4 Å². The lowest BCUT2D eigenvalue weighted by Crippen LogP contribution is -2.45. The second-order valence-corrected chi connectivity index (χ2v) is 10.8. The van der Waals surface area contributed by atoms with E-state index in [2.05, 4.69) is 0 Å². The van der Waals surface area contributed by atoms with Crippen LogP contribution >= 0.6 is 11.6 Å². The normalized spacial score (nSPS) is 16.3. The van der Waals surface area contributed by atoms with E-state index in [-0.39, 0.29) is 17.9 Å². The second-order valence-electron chi connectivity index (χ2n) is 8.45. The minimum atomic E-state index is -4.23. The highest BCUT2D eigenvalue weighted by molar-refractivity contribution is 7.89. The van der Waals surface area contributed by atoms with Crippen molar-refractivity contribution in [3.8, 4) is 0 Å². The third kappa shape index (κ3) is 4.51. The summed E-state index contributed by atoms with van der Waals surface area (Å²) in [6.07, 6.45) is -0.324. The molecule has 0 radical (unpaired) electrons. The summed E-state index contributed by atoms with van der Waals surface area (Å²) in [5, 5.41) is 2.02. The van der Waals surface area contributed by atoms with Gasteiger partial charge >= 0.3 is 0 Å². The molecule has 1 saturated heterocycles. The highest BCUT2D eigenvalue weighted by Gasteiger charge is 2.47. The first-order chi connectivity index (χ1) is 17.2. The Hall–Kier alpha value is -3.59. The lowest BCUT2D eigenvalue weighted by Gasteiger charge is -2.27. The predicted octanol–water partition coefficient (Wildman–Crippen LogP) is 5.16. The number of halogens is 2. The maximum absolute atomic E-state index is 13.9. The Labute approximate surface area is 212 Å². The highest BCUT2D eigenvalue weighted by atomic mass is 35.5. The summed E-state index contributed by atoms with van der Waals surface area (Å²) in [7, 11) is -4.23. The number of hydrogen-bond donors (Lipinski definition) is 0. The van der Waals surface area contributed by atoms with Crippen LogP contribution in [0.15, 0.2) is 95.9 Å². The molecule has 1 aliphatic rings. The fraction of sp³-hybridized carbons (Fsp3) is 0.111. The Kier molecular flexibility index (Phi) is 6.34. The monoisotopic (exact) mass is 522 g/mol. The Morgan fingerprint density at radius 3 is 2.25 bits per heavy atom. The molecule has 5 rings (SSSR count). The van der Waals surface area contributed by atoms with E-state index in [4.69, 9.17) is 11.6 Å². The molecule has 1 heterocycles. The van der Waals surface area contributed by atoms with Crippen molar-refractivity contribution in [2.45, 2.75) is 23.9 Å². The van der Waals surface area contributed by atoms with Gasteiger partial charge in [-0.15, -0.1) is 0 Å². The molecule has 2 amide bonds. The van der Waals surface area contributed by atoms with Gasteiger partial charge in [-0.25, -0.2) is 17.7 Å². The maximum Gasteiger partial charge on any atom is 0.252 e. The standard InChI is InChI=1S/C27H20ClFN2O4S/c28-21-8-12-23(13-9-21)31-26(32)16-25(27(31)33)30(17-18-5-10-22(29)11-6-18)36(34,35)24-14-7-19-3-1-2-4-20(19)15-24/h1-15,25H,16-17H2. The molecule has 182 valence electrons. The zero-order valence-electron chi connectivity index (χ0n) is 18.8. The number of amides is 2. The quantitative estimate of drug-likeness (QED) is 0.328. The summed E-state index contributed by atoms with van der Waals surface area (Å²) in [5.74, 6) is -1.65. The first-order valence-corrected chi connectivity index (χ1v) is 12.9. The average molecular weight is 523 g/mol. The molecule has 36 heavy (non-hydrogen) atoms. The van der Waals surface area contributed by atoms with Crippen LogP contribution in [0.3, 0.4) is 0 Å². The first-order valence-electron chi connectivity index (χ1n) is 11.1. The molecule has 0 N–H and O–H groups in total. The van der Waals surface area contributed by atoms with Crippen LogP contribution in [0, 0.1) is 5.82 Å². The van der Waals surface area contributed by atoms with E-state index in [9.17, 15) is 22.4 Å². The molecule has 0 spiro atoms. The van der Waals surface area contributed by atoms with Crippen molar-refractivity contribution in [2.24, 2.45) is 0 Å². The number of carbonyl (C=O) groups is 2. The van der Waals surface area contributed by atoms with E-state index in [0.717, 1.165) is 20.0 Å². The first kappa shape index (κ1) is 24.1. The van der Waals surface area contributed by atoms with Crippen molar-refractivity contribution in [1.29, 1.82) is 0 Å². The third-order valence-electron chi connectivity index (χ3n) is 6.13. The van der Waals surface area contributed by atoms with Crippen LogP contribution in [0.4, 0.5) is 10.1 Å². The Morgan fingerprint density at radius 2 is 1.56 bits per heavy atom. The topological polar surface area (TPSA) is 74.8 Å². The lowest BCUT2D eigenvalue weighted by molar-refractivity contribution is -0.122. The Balaban J connectivity index is 1.57.